The number of sulfonamides is 1. The number of ether oxygens (including phenoxy) is 1. The molecule has 0 unspecified atom stereocenters. The van der Waals surface area contributed by atoms with Gasteiger partial charge in [0, 0.05) is 10.7 Å². The Hall–Kier alpha value is -0.540. The molecule has 0 aliphatic rings. The Morgan fingerprint density at radius 2 is 1.86 bits per heavy atom. The molecule has 0 heterocycles. The van der Waals surface area contributed by atoms with Crippen LogP contribution in [0.2, 0.25) is 5.02 Å². The molecular formula is C11H15Cl2NO5S2. The van der Waals surface area contributed by atoms with E-state index < -0.39 is 19.1 Å². The van der Waals surface area contributed by atoms with Crippen molar-refractivity contribution in [2.45, 2.75) is 24.8 Å². The molecule has 21 heavy (non-hydrogen) atoms. The van der Waals surface area contributed by atoms with Gasteiger partial charge in [-0.3, -0.25) is 4.72 Å². The van der Waals surface area contributed by atoms with E-state index in [9.17, 15) is 16.8 Å². The second-order valence-electron chi connectivity index (χ2n) is 4.42. The van der Waals surface area contributed by atoms with Gasteiger partial charge in [-0.15, -0.1) is 0 Å². The summed E-state index contributed by atoms with van der Waals surface area (Å²) >= 11 is 5.84. The van der Waals surface area contributed by atoms with E-state index in [1.165, 1.54) is 6.07 Å². The minimum Gasteiger partial charge on any atom is -0.378 e. The summed E-state index contributed by atoms with van der Waals surface area (Å²) in [6.45, 7) is 3.63. The van der Waals surface area contributed by atoms with Crippen molar-refractivity contribution in [1.82, 2.24) is 0 Å². The van der Waals surface area contributed by atoms with Crippen molar-refractivity contribution in [3.8, 4) is 0 Å². The quantitative estimate of drug-likeness (QED) is 0.739. The molecule has 10 heteroatoms. The zero-order valence-electron chi connectivity index (χ0n) is 11.3. The number of anilines is 1. The highest BCUT2D eigenvalue weighted by molar-refractivity contribution is 8.13. The lowest BCUT2D eigenvalue weighted by Gasteiger charge is -2.11. The SMILES string of the molecule is CC(C)OCCS(=O)(=O)Nc1ccc(S(=O)(=O)Cl)cc1Cl. The lowest BCUT2D eigenvalue weighted by Crippen LogP contribution is -2.21. The molecule has 0 aromatic heterocycles. The van der Waals surface area contributed by atoms with Crippen LogP contribution in [0.5, 0.6) is 0 Å². The first-order chi connectivity index (χ1) is 9.51. The van der Waals surface area contributed by atoms with Crippen LogP contribution in [0.1, 0.15) is 13.8 Å². The van der Waals surface area contributed by atoms with Gasteiger partial charge in [0.15, 0.2) is 0 Å². The van der Waals surface area contributed by atoms with Crippen LogP contribution < -0.4 is 4.72 Å². The van der Waals surface area contributed by atoms with Gasteiger partial charge in [0.2, 0.25) is 10.0 Å². The van der Waals surface area contributed by atoms with Gasteiger partial charge >= 0.3 is 0 Å². The molecule has 0 bridgehead atoms. The average Bonchev–Trinajstić information content (AvgIpc) is 2.29. The molecule has 120 valence electrons. The molecule has 1 rings (SSSR count). The predicted octanol–water partition coefficient (Wildman–Crippen LogP) is 2.43. The largest absolute Gasteiger partial charge is 0.378 e. The van der Waals surface area contributed by atoms with Crippen molar-refractivity contribution in [1.29, 1.82) is 0 Å². The fourth-order valence-corrected chi connectivity index (χ4v) is 3.40. The lowest BCUT2D eigenvalue weighted by molar-refractivity contribution is 0.0913. The molecule has 0 saturated carbocycles. The van der Waals surface area contributed by atoms with Gasteiger partial charge in [-0.05, 0) is 32.0 Å². The molecule has 0 saturated heterocycles. The number of halogens is 2. The fourth-order valence-electron chi connectivity index (χ4n) is 1.34. The van der Waals surface area contributed by atoms with E-state index in [2.05, 4.69) is 4.72 Å². The number of hydrogen-bond donors (Lipinski definition) is 1. The van der Waals surface area contributed by atoms with Crippen LogP contribution in [-0.4, -0.2) is 35.3 Å². The maximum Gasteiger partial charge on any atom is 0.261 e. The molecule has 0 spiro atoms. The van der Waals surface area contributed by atoms with E-state index in [0.717, 1.165) is 12.1 Å². The third-order valence-corrected chi connectivity index (χ3v) is 5.19. The fraction of sp³-hybridized carbons (Fsp3) is 0.455. The third-order valence-electron chi connectivity index (χ3n) is 2.29. The highest BCUT2D eigenvalue weighted by Crippen LogP contribution is 2.27. The Bertz CT molecular complexity index is 701. The molecule has 6 nitrogen and oxygen atoms in total. The third kappa shape index (κ3) is 6.39. The predicted molar refractivity (Wildman–Crippen MR) is 83.0 cm³/mol. The Morgan fingerprint density at radius 1 is 1.24 bits per heavy atom. The molecule has 1 aromatic carbocycles. The number of hydrogen-bond acceptors (Lipinski definition) is 5. The zero-order chi connectivity index (χ0) is 16.3. The standard InChI is InChI=1S/C11H15Cl2NO5S2/c1-8(2)19-5-6-20(15,16)14-11-4-3-9(7-10(11)12)21(13,17)18/h3-4,7-8,14H,5-6H2,1-2H3. The van der Waals surface area contributed by atoms with E-state index in [-0.39, 0.29) is 34.1 Å². The summed E-state index contributed by atoms with van der Waals surface area (Å²) in [4.78, 5) is -0.208. The van der Waals surface area contributed by atoms with Crippen molar-refractivity contribution in [3.63, 3.8) is 0 Å². The molecule has 0 amide bonds. The van der Waals surface area contributed by atoms with Crippen molar-refractivity contribution in [2.24, 2.45) is 0 Å². The first-order valence-corrected chi connectivity index (χ1v) is 10.2. The first kappa shape index (κ1) is 18.5. The van der Waals surface area contributed by atoms with Gasteiger partial charge in [-0.25, -0.2) is 16.8 Å². The van der Waals surface area contributed by atoms with Crippen LogP contribution in [-0.2, 0) is 23.8 Å². The van der Waals surface area contributed by atoms with Crippen molar-refractivity contribution >= 4 is 47.0 Å². The van der Waals surface area contributed by atoms with Gasteiger partial charge in [0.05, 0.1) is 34.1 Å². The van der Waals surface area contributed by atoms with E-state index in [1.54, 1.807) is 13.8 Å². The summed E-state index contributed by atoms with van der Waals surface area (Å²) in [5.74, 6) is -0.239. The van der Waals surface area contributed by atoms with E-state index in [1.807, 2.05) is 0 Å². The second-order valence-corrected chi connectivity index (χ2v) is 9.23. The van der Waals surface area contributed by atoms with Gasteiger partial charge in [-0.2, -0.15) is 0 Å². The molecule has 0 fully saturated rings. The number of rotatable bonds is 7. The van der Waals surface area contributed by atoms with Crippen LogP contribution in [0.3, 0.4) is 0 Å². The van der Waals surface area contributed by atoms with Gasteiger partial charge in [0.25, 0.3) is 9.05 Å². The minimum absolute atomic E-state index is 0.0404. The Balaban J connectivity index is 2.84. The van der Waals surface area contributed by atoms with Crippen LogP contribution in [0, 0.1) is 0 Å². The monoisotopic (exact) mass is 375 g/mol. The summed E-state index contributed by atoms with van der Waals surface area (Å²) in [7, 11) is -2.39. The summed E-state index contributed by atoms with van der Waals surface area (Å²) in [5, 5.41) is -0.0647. The normalized spacial score (nSPS) is 12.6. The highest BCUT2D eigenvalue weighted by atomic mass is 35.7. The molecule has 0 aliphatic carbocycles. The average molecular weight is 376 g/mol. The van der Waals surface area contributed by atoms with Gasteiger partial charge in [-0.1, -0.05) is 11.6 Å². The molecular weight excluding hydrogens is 361 g/mol. The molecule has 1 aromatic rings. The zero-order valence-corrected chi connectivity index (χ0v) is 14.5. The van der Waals surface area contributed by atoms with Crippen LogP contribution >= 0.6 is 22.3 Å². The van der Waals surface area contributed by atoms with E-state index in [0.29, 0.717) is 0 Å². The summed E-state index contributed by atoms with van der Waals surface area (Å²) in [6, 6.07) is 3.47. The van der Waals surface area contributed by atoms with Crippen LogP contribution in [0.15, 0.2) is 23.1 Å². The smallest absolute Gasteiger partial charge is 0.261 e. The van der Waals surface area contributed by atoms with Gasteiger partial charge < -0.3 is 4.74 Å². The van der Waals surface area contributed by atoms with Crippen molar-refractivity contribution in [2.75, 3.05) is 17.1 Å². The van der Waals surface area contributed by atoms with Crippen LogP contribution in [0.25, 0.3) is 0 Å². The molecule has 1 N–H and O–H groups in total. The summed E-state index contributed by atoms with van der Waals surface area (Å²) < 4.78 is 53.3. The van der Waals surface area contributed by atoms with Crippen molar-refractivity contribution in [3.05, 3.63) is 23.2 Å². The molecule has 0 aliphatic heterocycles. The lowest BCUT2D eigenvalue weighted by atomic mass is 10.3. The summed E-state index contributed by atoms with van der Waals surface area (Å²) in [5.41, 5.74) is 0.0743. The maximum atomic E-state index is 11.8. The number of benzene rings is 1. The Kier molecular flexibility index (Phi) is 6.30. The molecule has 0 atom stereocenters. The first-order valence-electron chi connectivity index (χ1n) is 5.87. The molecule has 0 radical (unpaired) electrons. The maximum absolute atomic E-state index is 11.8. The van der Waals surface area contributed by atoms with E-state index >= 15 is 0 Å². The highest BCUT2D eigenvalue weighted by Gasteiger charge is 2.16. The van der Waals surface area contributed by atoms with Gasteiger partial charge in [0.1, 0.15) is 0 Å². The Labute approximate surface area is 133 Å². The minimum atomic E-state index is -3.92. The number of nitrogens with one attached hydrogen (secondary N) is 1. The topological polar surface area (TPSA) is 89.5 Å². The van der Waals surface area contributed by atoms with E-state index in [4.69, 9.17) is 27.0 Å². The van der Waals surface area contributed by atoms with Crippen LogP contribution in [0.4, 0.5) is 5.69 Å². The Morgan fingerprint density at radius 3 is 2.33 bits per heavy atom. The summed E-state index contributed by atoms with van der Waals surface area (Å²) in [6.07, 6.45) is -0.0722. The van der Waals surface area contributed by atoms with Crippen molar-refractivity contribution < 1.29 is 21.6 Å². The second kappa shape index (κ2) is 7.15.